The second-order valence-electron chi connectivity index (χ2n) is 3.77. The van der Waals surface area contributed by atoms with E-state index in [1.807, 2.05) is 30.3 Å². The van der Waals surface area contributed by atoms with E-state index in [0.29, 0.717) is 0 Å². The molecule has 1 nitrogen and oxygen atoms in total. The van der Waals surface area contributed by atoms with E-state index in [9.17, 15) is 0 Å². The standard InChI is InChI=1S/C13H13N/c1-11(10-13(2)8-9-13)14-12-6-4-3-5-7-12/h3-7,10,14H,1-2H3/b11-10-. The van der Waals surface area contributed by atoms with Crippen LogP contribution in [0.2, 0.25) is 0 Å². The minimum Gasteiger partial charge on any atom is -0.359 e. The lowest BCUT2D eigenvalue weighted by Gasteiger charge is -2.08. The molecule has 0 atom stereocenters. The molecule has 1 heteroatoms. The van der Waals surface area contributed by atoms with Crippen molar-refractivity contribution in [3.63, 3.8) is 0 Å². The zero-order valence-electron chi connectivity index (χ0n) is 8.46. The van der Waals surface area contributed by atoms with E-state index in [4.69, 9.17) is 0 Å². The predicted octanol–water partition coefficient (Wildman–Crippen LogP) is 3.03. The smallest absolute Gasteiger partial charge is 0.109 e. The molecule has 0 bridgehead atoms. The molecule has 2 rings (SSSR count). The van der Waals surface area contributed by atoms with Crippen molar-refractivity contribution in [3.8, 4) is 11.8 Å². The molecular weight excluding hydrogens is 170 g/mol. The average Bonchev–Trinajstić information content (AvgIpc) is 2.84. The first-order valence-electron chi connectivity index (χ1n) is 4.74. The monoisotopic (exact) mass is 183 g/mol. The quantitative estimate of drug-likeness (QED) is 0.710. The normalized spacial score (nSPS) is 16.9. The minimum atomic E-state index is -0.0220. The van der Waals surface area contributed by atoms with Gasteiger partial charge in [-0.05, 0) is 32.1 Å². The Morgan fingerprint density at radius 1 is 1.29 bits per heavy atom. The van der Waals surface area contributed by atoms with Gasteiger partial charge in [-0.3, -0.25) is 0 Å². The highest BCUT2D eigenvalue weighted by molar-refractivity contribution is 5.51. The van der Waals surface area contributed by atoms with Crippen LogP contribution in [0.15, 0.2) is 42.1 Å². The fourth-order valence-corrected chi connectivity index (χ4v) is 1.39. The van der Waals surface area contributed by atoms with E-state index in [1.165, 1.54) is 0 Å². The third kappa shape index (κ3) is 2.17. The average molecular weight is 183 g/mol. The minimum absolute atomic E-state index is 0.0220. The summed E-state index contributed by atoms with van der Waals surface area (Å²) in [6, 6.07) is 10.1. The highest BCUT2D eigenvalue weighted by Gasteiger charge is 2.24. The van der Waals surface area contributed by atoms with Gasteiger partial charge < -0.3 is 5.32 Å². The van der Waals surface area contributed by atoms with Gasteiger partial charge in [0.15, 0.2) is 0 Å². The van der Waals surface area contributed by atoms with Crippen LogP contribution >= 0.6 is 0 Å². The molecule has 0 fully saturated rings. The second kappa shape index (κ2) is 3.23. The first-order chi connectivity index (χ1) is 6.68. The van der Waals surface area contributed by atoms with E-state index >= 15 is 0 Å². The van der Waals surface area contributed by atoms with Crippen LogP contribution in [0.5, 0.6) is 0 Å². The van der Waals surface area contributed by atoms with Crippen molar-refractivity contribution >= 4 is 5.69 Å². The van der Waals surface area contributed by atoms with E-state index < -0.39 is 0 Å². The molecule has 0 unspecified atom stereocenters. The lowest BCUT2D eigenvalue weighted by atomic mass is 10.1. The summed E-state index contributed by atoms with van der Waals surface area (Å²) in [6.07, 6.45) is 2.12. The number of rotatable bonds is 3. The Hall–Kier alpha value is -1.68. The summed E-state index contributed by atoms with van der Waals surface area (Å²) < 4.78 is 0. The van der Waals surface area contributed by atoms with Crippen LogP contribution in [-0.2, 0) is 0 Å². The van der Waals surface area contributed by atoms with Crippen LogP contribution in [0.4, 0.5) is 5.69 Å². The third-order valence-electron chi connectivity index (χ3n) is 2.14. The number of para-hydroxylation sites is 1. The van der Waals surface area contributed by atoms with Crippen molar-refractivity contribution in [1.82, 2.24) is 0 Å². The van der Waals surface area contributed by atoms with Gasteiger partial charge in [-0.15, -0.1) is 0 Å². The highest BCUT2D eigenvalue weighted by Crippen LogP contribution is 2.27. The summed E-state index contributed by atoms with van der Waals surface area (Å²) in [5.41, 5.74) is 2.23. The van der Waals surface area contributed by atoms with Crippen LogP contribution in [-0.4, -0.2) is 0 Å². The van der Waals surface area contributed by atoms with Crippen LogP contribution in [0.1, 0.15) is 13.8 Å². The van der Waals surface area contributed by atoms with E-state index in [1.54, 1.807) is 0 Å². The maximum atomic E-state index is 3.32. The topological polar surface area (TPSA) is 12.0 Å². The molecule has 70 valence electrons. The highest BCUT2D eigenvalue weighted by atomic mass is 14.9. The molecule has 0 radical (unpaired) electrons. The van der Waals surface area contributed by atoms with Gasteiger partial charge in [0.25, 0.3) is 0 Å². The van der Waals surface area contributed by atoms with Gasteiger partial charge >= 0.3 is 0 Å². The molecule has 0 heterocycles. The van der Waals surface area contributed by atoms with Crippen LogP contribution in [0.25, 0.3) is 0 Å². The van der Waals surface area contributed by atoms with Gasteiger partial charge in [-0.25, -0.2) is 0 Å². The molecule has 1 aromatic carbocycles. The van der Waals surface area contributed by atoms with E-state index in [2.05, 4.69) is 37.1 Å². The van der Waals surface area contributed by atoms with Gasteiger partial charge in [-0.1, -0.05) is 30.0 Å². The molecule has 1 aromatic rings. The first kappa shape index (κ1) is 8.90. The first-order valence-corrected chi connectivity index (χ1v) is 4.74. The Bertz CT molecular complexity index is 410. The lowest BCUT2D eigenvalue weighted by molar-refractivity contribution is 0.848. The number of hydrogen-bond acceptors (Lipinski definition) is 1. The van der Waals surface area contributed by atoms with Crippen LogP contribution in [0.3, 0.4) is 0 Å². The van der Waals surface area contributed by atoms with Crippen molar-refractivity contribution in [2.45, 2.75) is 13.8 Å². The molecule has 1 aliphatic rings. The number of benzene rings is 1. The number of nitrogens with one attached hydrogen (secondary N) is 1. The van der Waals surface area contributed by atoms with Gasteiger partial charge in [0.1, 0.15) is 5.41 Å². The fraction of sp³-hybridized carbons (Fsp3) is 0.231. The third-order valence-corrected chi connectivity index (χ3v) is 2.14. The van der Waals surface area contributed by atoms with Gasteiger partial charge in [0.05, 0.1) is 0 Å². The number of anilines is 1. The fourth-order valence-electron chi connectivity index (χ4n) is 1.39. The molecule has 0 spiro atoms. The predicted molar refractivity (Wildman–Crippen MR) is 59.7 cm³/mol. The van der Waals surface area contributed by atoms with Crippen molar-refractivity contribution in [2.24, 2.45) is 5.41 Å². The van der Waals surface area contributed by atoms with Crippen molar-refractivity contribution in [1.29, 1.82) is 0 Å². The Labute approximate surface area is 84.8 Å². The molecule has 0 saturated carbocycles. The van der Waals surface area contributed by atoms with Gasteiger partial charge in [-0.2, -0.15) is 0 Å². The maximum Gasteiger partial charge on any atom is 0.109 e. The summed E-state index contributed by atoms with van der Waals surface area (Å²) in [4.78, 5) is 0. The van der Waals surface area contributed by atoms with Crippen LogP contribution in [0, 0.1) is 17.3 Å². The number of hydrogen-bond donors (Lipinski definition) is 1. The molecule has 0 aromatic heterocycles. The Kier molecular flexibility index (Phi) is 2.05. The second-order valence-corrected chi connectivity index (χ2v) is 3.77. The maximum absolute atomic E-state index is 3.32. The molecule has 1 aliphatic carbocycles. The Morgan fingerprint density at radius 3 is 2.50 bits per heavy atom. The molecule has 1 N–H and O–H groups in total. The zero-order chi connectivity index (χ0) is 10.0. The van der Waals surface area contributed by atoms with E-state index in [0.717, 1.165) is 11.4 Å². The van der Waals surface area contributed by atoms with Crippen molar-refractivity contribution < 1.29 is 0 Å². The Balaban J connectivity index is 2.01. The summed E-state index contributed by atoms with van der Waals surface area (Å²) in [7, 11) is 0. The molecular formula is C13H13N. The van der Waals surface area contributed by atoms with E-state index in [-0.39, 0.29) is 5.41 Å². The van der Waals surface area contributed by atoms with Gasteiger partial charge in [0.2, 0.25) is 0 Å². The van der Waals surface area contributed by atoms with Crippen molar-refractivity contribution in [2.75, 3.05) is 5.32 Å². The largest absolute Gasteiger partial charge is 0.359 e. The molecule has 0 aliphatic heterocycles. The molecule has 0 amide bonds. The molecule has 0 saturated heterocycles. The summed E-state index contributed by atoms with van der Waals surface area (Å²) in [6.45, 7) is 4.14. The summed E-state index contributed by atoms with van der Waals surface area (Å²) in [5, 5.41) is 3.32. The van der Waals surface area contributed by atoms with Crippen molar-refractivity contribution in [3.05, 3.63) is 42.1 Å². The summed E-state index contributed by atoms with van der Waals surface area (Å²) in [5.74, 6) is 6.12. The summed E-state index contributed by atoms with van der Waals surface area (Å²) >= 11 is 0. The number of allylic oxidation sites excluding steroid dienone is 2. The lowest BCUT2D eigenvalue weighted by Crippen LogP contribution is -2.00. The molecule has 14 heavy (non-hydrogen) atoms. The van der Waals surface area contributed by atoms with Gasteiger partial charge in [0, 0.05) is 11.4 Å². The Morgan fingerprint density at radius 2 is 1.93 bits per heavy atom. The zero-order valence-corrected chi connectivity index (χ0v) is 8.46. The SMILES string of the molecule is C/C(=C/C1(C)C#C1)Nc1ccccc1. The van der Waals surface area contributed by atoms with Crippen LogP contribution < -0.4 is 5.32 Å².